The van der Waals surface area contributed by atoms with Crippen molar-refractivity contribution in [2.24, 2.45) is 4.99 Å². The van der Waals surface area contributed by atoms with E-state index in [1.54, 1.807) is 18.4 Å². The van der Waals surface area contributed by atoms with Crippen LogP contribution in [0.1, 0.15) is 10.9 Å². The third kappa shape index (κ3) is 5.86. The Balaban J connectivity index is 1.73. The smallest absolute Gasteiger partial charge is 0.191 e. The summed E-state index contributed by atoms with van der Waals surface area (Å²) in [4.78, 5) is 7.82. The van der Waals surface area contributed by atoms with Gasteiger partial charge in [-0.1, -0.05) is 24.3 Å². The van der Waals surface area contributed by atoms with E-state index in [4.69, 9.17) is 4.74 Å². The van der Waals surface area contributed by atoms with Gasteiger partial charge in [0.25, 0.3) is 0 Å². The van der Waals surface area contributed by atoms with E-state index in [2.05, 4.69) is 52.1 Å². The largest absolute Gasteiger partial charge is 0.492 e. The fraction of sp³-hybridized carbons (Fsp3) is 0.389. The number of nitrogens with one attached hydrogen (secondary N) is 2. The highest BCUT2D eigenvalue weighted by atomic mass is 32.1. The Kier molecular flexibility index (Phi) is 7.58. The van der Waals surface area contributed by atoms with Crippen LogP contribution < -0.4 is 15.4 Å². The summed E-state index contributed by atoms with van der Waals surface area (Å²) in [5.41, 5.74) is 0. The minimum Gasteiger partial charge on any atom is -0.492 e. The van der Waals surface area contributed by atoms with Crippen LogP contribution in [0.5, 0.6) is 5.75 Å². The van der Waals surface area contributed by atoms with Crippen molar-refractivity contribution in [2.45, 2.75) is 6.04 Å². The van der Waals surface area contributed by atoms with Crippen molar-refractivity contribution >= 4 is 17.3 Å². The van der Waals surface area contributed by atoms with E-state index in [-0.39, 0.29) is 0 Å². The zero-order chi connectivity index (χ0) is 17.2. The topological polar surface area (TPSA) is 48.9 Å². The number of rotatable bonds is 8. The van der Waals surface area contributed by atoms with Crippen molar-refractivity contribution in [3.8, 4) is 5.75 Å². The van der Waals surface area contributed by atoms with Crippen molar-refractivity contribution in [1.29, 1.82) is 0 Å². The maximum Gasteiger partial charge on any atom is 0.191 e. The van der Waals surface area contributed by atoms with Gasteiger partial charge in [-0.25, -0.2) is 0 Å². The summed E-state index contributed by atoms with van der Waals surface area (Å²) in [6.45, 7) is 2.08. The first-order valence-corrected chi connectivity index (χ1v) is 8.91. The Morgan fingerprint density at radius 1 is 1.17 bits per heavy atom. The molecule has 0 spiro atoms. The Morgan fingerprint density at radius 3 is 2.58 bits per heavy atom. The first-order valence-electron chi connectivity index (χ1n) is 8.03. The summed E-state index contributed by atoms with van der Waals surface area (Å²) in [5.74, 6) is 1.67. The molecule has 24 heavy (non-hydrogen) atoms. The van der Waals surface area contributed by atoms with E-state index in [0.717, 1.165) is 18.3 Å². The molecule has 5 nitrogen and oxygen atoms in total. The van der Waals surface area contributed by atoms with Crippen LogP contribution >= 0.6 is 11.3 Å². The summed E-state index contributed by atoms with van der Waals surface area (Å²) >= 11 is 1.78. The molecule has 1 aromatic heterocycles. The predicted molar refractivity (Wildman–Crippen MR) is 102 cm³/mol. The molecule has 1 aromatic carbocycles. The van der Waals surface area contributed by atoms with E-state index in [1.165, 1.54) is 4.88 Å². The second-order valence-corrected chi connectivity index (χ2v) is 6.52. The molecule has 0 aliphatic carbocycles. The van der Waals surface area contributed by atoms with Crippen molar-refractivity contribution in [3.63, 3.8) is 0 Å². The van der Waals surface area contributed by atoms with E-state index in [1.807, 2.05) is 30.3 Å². The van der Waals surface area contributed by atoms with Crippen molar-refractivity contribution in [1.82, 2.24) is 15.5 Å². The molecule has 0 saturated heterocycles. The van der Waals surface area contributed by atoms with Crippen LogP contribution in [0.4, 0.5) is 0 Å². The first-order chi connectivity index (χ1) is 11.7. The molecular formula is C18H26N4OS. The highest BCUT2D eigenvalue weighted by Gasteiger charge is 2.15. The normalized spacial score (nSPS) is 12.9. The second-order valence-electron chi connectivity index (χ2n) is 5.54. The molecule has 0 saturated carbocycles. The molecule has 0 radical (unpaired) electrons. The Labute approximate surface area is 148 Å². The van der Waals surface area contributed by atoms with Crippen molar-refractivity contribution in [2.75, 3.05) is 40.8 Å². The zero-order valence-electron chi connectivity index (χ0n) is 14.5. The number of nitrogens with zero attached hydrogens (tertiary/aromatic N) is 2. The highest BCUT2D eigenvalue weighted by molar-refractivity contribution is 7.10. The van der Waals surface area contributed by atoms with E-state index < -0.39 is 0 Å². The molecule has 0 amide bonds. The Bertz CT molecular complexity index is 599. The molecular weight excluding hydrogens is 320 g/mol. The van der Waals surface area contributed by atoms with Gasteiger partial charge in [0.05, 0.1) is 12.6 Å². The lowest BCUT2D eigenvalue weighted by atomic mass is 10.2. The summed E-state index contributed by atoms with van der Waals surface area (Å²) < 4.78 is 5.67. The molecule has 2 rings (SSSR count). The van der Waals surface area contributed by atoms with Crippen LogP contribution in [-0.2, 0) is 0 Å². The van der Waals surface area contributed by atoms with Crippen LogP contribution in [0.15, 0.2) is 52.8 Å². The van der Waals surface area contributed by atoms with Gasteiger partial charge in [0.15, 0.2) is 5.96 Å². The SMILES string of the molecule is CN=C(NCCOc1ccccc1)NCC(c1cccs1)N(C)C. The number of aliphatic imine (C=N–C) groups is 1. The van der Waals surface area contributed by atoms with Crippen molar-refractivity contribution in [3.05, 3.63) is 52.7 Å². The first kappa shape index (κ1) is 18.3. The number of thiophene rings is 1. The van der Waals surface area contributed by atoms with Crippen LogP contribution in [0.2, 0.25) is 0 Å². The summed E-state index contributed by atoms with van der Waals surface area (Å²) in [6, 6.07) is 14.4. The van der Waals surface area contributed by atoms with Gasteiger partial charge in [0, 0.05) is 18.5 Å². The molecule has 0 aliphatic rings. The fourth-order valence-corrected chi connectivity index (χ4v) is 3.21. The maximum absolute atomic E-state index is 5.67. The molecule has 2 aromatic rings. The second kappa shape index (κ2) is 9.95. The Hall–Kier alpha value is -2.05. The molecule has 6 heteroatoms. The zero-order valence-corrected chi connectivity index (χ0v) is 15.3. The number of hydrogen-bond donors (Lipinski definition) is 2. The average molecular weight is 347 g/mol. The average Bonchev–Trinajstić information content (AvgIpc) is 3.12. The number of benzene rings is 1. The molecule has 1 unspecified atom stereocenters. The third-order valence-electron chi connectivity index (χ3n) is 3.59. The maximum atomic E-state index is 5.67. The summed E-state index contributed by atoms with van der Waals surface area (Å²) in [5, 5.41) is 8.78. The molecule has 1 atom stereocenters. The quantitative estimate of drug-likeness (QED) is 0.438. The van der Waals surface area contributed by atoms with Crippen molar-refractivity contribution < 1.29 is 4.74 Å². The van der Waals surface area contributed by atoms with Gasteiger partial charge in [0.1, 0.15) is 12.4 Å². The summed E-state index contributed by atoms with van der Waals surface area (Å²) in [6.07, 6.45) is 0. The lowest BCUT2D eigenvalue weighted by Gasteiger charge is -2.24. The number of hydrogen-bond acceptors (Lipinski definition) is 4. The van der Waals surface area contributed by atoms with Crippen LogP contribution in [-0.4, -0.2) is 51.7 Å². The third-order valence-corrected chi connectivity index (χ3v) is 4.56. The molecule has 0 aliphatic heterocycles. The monoisotopic (exact) mass is 346 g/mol. The number of guanidine groups is 1. The lowest BCUT2D eigenvalue weighted by Crippen LogP contribution is -2.42. The number of ether oxygens (including phenoxy) is 1. The van der Waals surface area contributed by atoms with E-state index >= 15 is 0 Å². The molecule has 2 N–H and O–H groups in total. The highest BCUT2D eigenvalue weighted by Crippen LogP contribution is 2.22. The van der Waals surface area contributed by atoms with Crippen LogP contribution in [0, 0.1) is 0 Å². The standard InChI is InChI=1S/C18H26N4OS/c1-19-18(20-11-12-23-15-8-5-4-6-9-15)21-14-16(22(2)3)17-10-7-13-24-17/h4-10,13,16H,11-12,14H2,1-3H3,(H2,19,20,21). The number of likely N-dealkylation sites (N-methyl/N-ethyl adjacent to an activating group) is 1. The van der Waals surface area contributed by atoms with Gasteiger partial charge in [0.2, 0.25) is 0 Å². The lowest BCUT2D eigenvalue weighted by molar-refractivity contribution is 0.301. The fourth-order valence-electron chi connectivity index (χ4n) is 2.29. The molecule has 130 valence electrons. The van der Waals surface area contributed by atoms with Crippen LogP contribution in [0.3, 0.4) is 0 Å². The molecule has 0 fully saturated rings. The molecule has 1 heterocycles. The van der Waals surface area contributed by atoms with Gasteiger partial charge in [-0.05, 0) is 37.7 Å². The van der Waals surface area contributed by atoms with Gasteiger partial charge in [-0.15, -0.1) is 11.3 Å². The van der Waals surface area contributed by atoms with Gasteiger partial charge in [-0.2, -0.15) is 0 Å². The Morgan fingerprint density at radius 2 is 1.96 bits per heavy atom. The minimum absolute atomic E-state index is 0.323. The molecule has 0 bridgehead atoms. The van der Waals surface area contributed by atoms with Crippen LogP contribution in [0.25, 0.3) is 0 Å². The van der Waals surface area contributed by atoms with Gasteiger partial charge >= 0.3 is 0 Å². The van der Waals surface area contributed by atoms with Gasteiger partial charge < -0.3 is 20.3 Å². The predicted octanol–water partition coefficient (Wildman–Crippen LogP) is 2.59. The van der Waals surface area contributed by atoms with E-state index in [0.29, 0.717) is 19.2 Å². The summed E-state index contributed by atoms with van der Waals surface area (Å²) in [7, 11) is 5.97. The van der Waals surface area contributed by atoms with E-state index in [9.17, 15) is 0 Å². The minimum atomic E-state index is 0.323. The van der Waals surface area contributed by atoms with Gasteiger partial charge in [-0.3, -0.25) is 4.99 Å². The number of para-hydroxylation sites is 1.